The molecule has 2 heterocycles. The predicted octanol–water partition coefficient (Wildman–Crippen LogP) is 8.21. The Kier molecular flexibility index (Phi) is 8.88. The third-order valence-corrected chi connectivity index (χ3v) is 9.08. The van der Waals surface area contributed by atoms with Gasteiger partial charge in [0.15, 0.2) is 0 Å². The van der Waals surface area contributed by atoms with Crippen molar-refractivity contribution in [2.45, 2.75) is 44.6 Å². The molecule has 12 heteroatoms. The number of aromatic hydroxyl groups is 1. The van der Waals surface area contributed by atoms with E-state index in [1.165, 1.54) is 0 Å². The van der Waals surface area contributed by atoms with Gasteiger partial charge < -0.3 is 14.6 Å². The van der Waals surface area contributed by atoms with Crippen molar-refractivity contribution in [2.24, 2.45) is 17.8 Å². The zero-order valence-corrected chi connectivity index (χ0v) is 25.6. The zero-order chi connectivity index (χ0) is 34.4. The molecule has 6 rings (SSSR count). The maximum atomic E-state index is 13.9. The Balaban J connectivity index is 1.32. The molecule has 2 amide bonds. The van der Waals surface area contributed by atoms with Crippen LogP contribution in [0.2, 0.25) is 0 Å². The summed E-state index contributed by atoms with van der Waals surface area (Å²) in [4.78, 5) is 28.2. The van der Waals surface area contributed by atoms with Gasteiger partial charge in [0, 0.05) is 5.92 Å². The average Bonchev–Trinajstić information content (AvgIpc) is 3.56. The Bertz CT molecular complexity index is 1750. The van der Waals surface area contributed by atoms with Crippen molar-refractivity contribution >= 4 is 23.6 Å². The summed E-state index contributed by atoms with van der Waals surface area (Å²) in [6.07, 6.45) is -7.70. The fourth-order valence-corrected chi connectivity index (χ4v) is 6.94. The van der Waals surface area contributed by atoms with Crippen LogP contribution in [0.1, 0.15) is 42.9 Å². The molecule has 2 fully saturated rings. The number of anilines is 1. The summed E-state index contributed by atoms with van der Waals surface area (Å²) in [5.74, 6) is -3.68. The second-order valence-corrected chi connectivity index (χ2v) is 12.3. The third kappa shape index (κ3) is 6.71. The van der Waals surface area contributed by atoms with E-state index < -0.39 is 64.8 Å². The molecule has 1 aliphatic carbocycles. The van der Waals surface area contributed by atoms with Crippen LogP contribution in [-0.4, -0.2) is 36.2 Å². The molecule has 2 aliphatic heterocycles. The van der Waals surface area contributed by atoms with Crippen molar-refractivity contribution in [3.63, 3.8) is 0 Å². The normalized spacial score (nSPS) is 23.1. The number of carbonyl (C=O) groups is 2. The smallest absolute Gasteiger partial charge is 0.416 e. The van der Waals surface area contributed by atoms with Gasteiger partial charge in [-0.2, -0.15) is 26.3 Å². The number of carbonyl (C=O) groups excluding carboxylic acids is 2. The number of rotatable bonds is 8. The van der Waals surface area contributed by atoms with Crippen LogP contribution in [0.4, 0.5) is 32.0 Å². The number of hydrogen-bond acceptors (Lipinski definition) is 5. The monoisotopic (exact) mass is 671 g/mol. The van der Waals surface area contributed by atoms with E-state index in [0.717, 1.165) is 16.7 Å². The first-order chi connectivity index (χ1) is 22.7. The van der Waals surface area contributed by atoms with E-state index >= 15 is 0 Å². The van der Waals surface area contributed by atoms with E-state index in [1.807, 2.05) is 25.1 Å². The Morgan fingerprint density at radius 2 is 1.60 bits per heavy atom. The van der Waals surface area contributed by atoms with Gasteiger partial charge in [-0.25, -0.2) is 4.90 Å². The van der Waals surface area contributed by atoms with Crippen LogP contribution in [0.3, 0.4) is 0 Å². The molecule has 0 unspecified atom stereocenters. The van der Waals surface area contributed by atoms with Crippen LogP contribution in [0.5, 0.6) is 11.5 Å². The zero-order valence-electron chi connectivity index (χ0n) is 25.6. The fourth-order valence-electron chi connectivity index (χ4n) is 6.94. The molecular weight excluding hydrogens is 640 g/mol. The van der Waals surface area contributed by atoms with Crippen molar-refractivity contribution in [3.8, 4) is 11.5 Å². The van der Waals surface area contributed by atoms with E-state index in [0.29, 0.717) is 41.2 Å². The summed E-state index contributed by atoms with van der Waals surface area (Å²) < 4.78 is 94.3. The Hall–Kier alpha value is -4.58. The second kappa shape index (κ2) is 12.8. The molecular formula is C36H31F6NO5. The number of para-hydroxylation sites is 1. The Morgan fingerprint density at radius 1 is 0.917 bits per heavy atom. The number of alkyl halides is 6. The number of nitrogens with zero attached hydrogens (tertiary/aromatic N) is 1. The van der Waals surface area contributed by atoms with Gasteiger partial charge >= 0.3 is 12.4 Å². The molecule has 4 atom stereocenters. The minimum Gasteiger partial charge on any atom is -0.508 e. The maximum absolute atomic E-state index is 13.9. The topological polar surface area (TPSA) is 76.1 Å². The van der Waals surface area contributed by atoms with Gasteiger partial charge in [-0.15, -0.1) is 0 Å². The molecule has 0 radical (unpaired) electrons. The minimum absolute atomic E-state index is 0.0351. The molecule has 0 spiro atoms. The number of halogens is 6. The predicted molar refractivity (Wildman–Crippen MR) is 164 cm³/mol. The molecule has 2 saturated heterocycles. The lowest BCUT2D eigenvalue weighted by molar-refractivity contribution is -0.143. The number of benzene rings is 3. The number of amides is 2. The number of phenols is 1. The van der Waals surface area contributed by atoms with Crippen molar-refractivity contribution in [3.05, 3.63) is 106 Å². The highest BCUT2D eigenvalue weighted by Gasteiger charge is 2.57. The number of allylic oxidation sites excluding steroid dienone is 1. The highest BCUT2D eigenvalue weighted by Crippen LogP contribution is 2.51. The second-order valence-electron chi connectivity index (χ2n) is 12.3. The van der Waals surface area contributed by atoms with Gasteiger partial charge in [-0.05, 0) is 85.4 Å². The van der Waals surface area contributed by atoms with Crippen LogP contribution >= 0.6 is 0 Å². The maximum Gasteiger partial charge on any atom is 0.416 e. The van der Waals surface area contributed by atoms with E-state index in [9.17, 15) is 41.0 Å². The lowest BCUT2D eigenvalue weighted by Crippen LogP contribution is -2.35. The molecule has 3 aliphatic rings. The van der Waals surface area contributed by atoms with Crippen molar-refractivity contribution in [2.75, 3.05) is 18.1 Å². The first kappa shape index (κ1) is 33.3. The summed E-state index contributed by atoms with van der Waals surface area (Å²) in [5, 5.41) is 9.80. The largest absolute Gasteiger partial charge is 0.508 e. The number of hydrogen-bond donors (Lipinski definition) is 1. The summed E-state index contributed by atoms with van der Waals surface area (Å²) in [6.45, 7) is 2.04. The molecule has 252 valence electrons. The van der Waals surface area contributed by atoms with Gasteiger partial charge in [0.05, 0.1) is 41.4 Å². The molecule has 0 bridgehead atoms. The van der Waals surface area contributed by atoms with Crippen LogP contribution < -0.4 is 9.64 Å². The SMILES string of the molecule is C/C(=C\c1cccc(O)c1)CC[C@H]1OC[C@H]2C1=C(COc1ccccc1)C[C@H]1C(=O)N(c3cc(C(F)(F)F)cc(C(F)(F)F)c3)C(=O)[C@H]12. The Labute approximate surface area is 272 Å². The van der Waals surface area contributed by atoms with E-state index in [4.69, 9.17) is 9.47 Å². The van der Waals surface area contributed by atoms with Gasteiger partial charge in [0.1, 0.15) is 18.1 Å². The van der Waals surface area contributed by atoms with Gasteiger partial charge in [0.2, 0.25) is 11.8 Å². The van der Waals surface area contributed by atoms with E-state index in [-0.39, 0.29) is 31.5 Å². The molecule has 48 heavy (non-hydrogen) atoms. The number of ether oxygens (including phenoxy) is 2. The van der Waals surface area contributed by atoms with Crippen LogP contribution in [0, 0.1) is 17.8 Å². The average molecular weight is 672 g/mol. The molecule has 0 aromatic heterocycles. The van der Waals surface area contributed by atoms with Crippen molar-refractivity contribution < 1.29 is 50.5 Å². The van der Waals surface area contributed by atoms with Gasteiger partial charge in [0.25, 0.3) is 0 Å². The summed E-state index contributed by atoms with van der Waals surface area (Å²) in [7, 11) is 0. The van der Waals surface area contributed by atoms with Crippen molar-refractivity contribution in [1.82, 2.24) is 0 Å². The summed E-state index contributed by atoms with van der Waals surface area (Å²) >= 11 is 0. The summed E-state index contributed by atoms with van der Waals surface area (Å²) in [5.41, 5.74) is -0.701. The van der Waals surface area contributed by atoms with Crippen LogP contribution in [0.15, 0.2) is 89.5 Å². The number of fused-ring (bicyclic) bond motifs is 3. The standard InChI is InChI=1S/C36H31F6NO5/c1-20(12-21-6-5-7-26(44)13-21)10-11-30-31-22(18-47-27-8-3-2-4-9-27)14-28-32(29(31)19-48-30)34(46)43(33(28)45)25-16-23(35(37,38)39)15-24(17-25)36(40,41)42/h2-9,12-13,15-17,28-30,32,44H,10-11,14,18-19H2,1H3/b20-12+/t28-,29+,30-,32-/m1/s1. The highest BCUT2D eigenvalue weighted by atomic mass is 19.4. The third-order valence-electron chi connectivity index (χ3n) is 9.08. The molecule has 1 N–H and O–H groups in total. The Morgan fingerprint density at radius 3 is 2.25 bits per heavy atom. The van der Waals surface area contributed by atoms with E-state index in [1.54, 1.807) is 42.5 Å². The van der Waals surface area contributed by atoms with Gasteiger partial charge in [-0.1, -0.05) is 42.0 Å². The quantitative estimate of drug-likeness (QED) is 0.148. The molecule has 0 saturated carbocycles. The molecule has 3 aromatic rings. The lowest BCUT2D eigenvalue weighted by atomic mass is 9.69. The van der Waals surface area contributed by atoms with Crippen molar-refractivity contribution in [1.29, 1.82) is 0 Å². The summed E-state index contributed by atoms with van der Waals surface area (Å²) in [6, 6.07) is 16.5. The first-order valence-corrected chi connectivity index (χ1v) is 15.4. The first-order valence-electron chi connectivity index (χ1n) is 15.4. The lowest BCUT2D eigenvalue weighted by Gasteiger charge is -2.31. The molecule has 3 aromatic carbocycles. The van der Waals surface area contributed by atoms with Crippen LogP contribution in [0.25, 0.3) is 6.08 Å². The fraction of sp³-hybridized carbons (Fsp3) is 0.333. The minimum atomic E-state index is -5.15. The number of imide groups is 1. The van der Waals surface area contributed by atoms with Crippen LogP contribution in [-0.2, 0) is 26.7 Å². The molecule has 6 nitrogen and oxygen atoms in total. The highest BCUT2D eigenvalue weighted by molar-refractivity contribution is 6.22. The number of phenolic OH excluding ortho intramolecular Hbond substituents is 1. The van der Waals surface area contributed by atoms with Gasteiger partial charge in [-0.3, -0.25) is 9.59 Å². The van der Waals surface area contributed by atoms with E-state index in [2.05, 4.69) is 0 Å².